The summed E-state index contributed by atoms with van der Waals surface area (Å²) in [5.41, 5.74) is 1.98. The first-order valence-electron chi connectivity index (χ1n) is 10.7. The first-order chi connectivity index (χ1) is 16.3. The van der Waals surface area contributed by atoms with Gasteiger partial charge in [0.2, 0.25) is 11.8 Å². The fourth-order valence-corrected chi connectivity index (χ4v) is 3.40. The summed E-state index contributed by atoms with van der Waals surface area (Å²) in [6.45, 7) is 2.99. The van der Waals surface area contributed by atoms with Crippen LogP contribution < -0.4 is 15.5 Å². The molecule has 2 aromatic carbocycles. The zero-order valence-electron chi connectivity index (χ0n) is 18.8. The van der Waals surface area contributed by atoms with E-state index in [1.807, 2.05) is 0 Å². The summed E-state index contributed by atoms with van der Waals surface area (Å²) in [6, 6.07) is 12.8. The van der Waals surface area contributed by atoms with Gasteiger partial charge in [-0.15, -0.1) is 0 Å². The van der Waals surface area contributed by atoms with Gasteiger partial charge in [0.05, 0.1) is 18.1 Å². The maximum absolute atomic E-state index is 12.4. The molecule has 10 heteroatoms. The lowest BCUT2D eigenvalue weighted by atomic mass is 10.1. The van der Waals surface area contributed by atoms with E-state index in [0.29, 0.717) is 22.6 Å². The van der Waals surface area contributed by atoms with Gasteiger partial charge in [-0.2, -0.15) is 0 Å². The Kier molecular flexibility index (Phi) is 7.96. The van der Waals surface area contributed by atoms with Crippen molar-refractivity contribution in [1.29, 1.82) is 0 Å². The number of hydrogen-bond acceptors (Lipinski definition) is 7. The van der Waals surface area contributed by atoms with Crippen LogP contribution in [0.2, 0.25) is 0 Å². The average molecular weight is 467 g/mol. The van der Waals surface area contributed by atoms with Gasteiger partial charge in [-0.05, 0) is 55.5 Å². The monoisotopic (exact) mass is 467 g/mol. The molecule has 2 N–H and O–H groups in total. The Labute approximate surface area is 196 Å². The SMILES string of the molecule is CCOC(=O)c1ccc(N2C[C@@H](C(=O)OCC(=O)Nc3ccc(NC(C)=O)cc3)CC2=O)cc1. The number of esters is 2. The Hall–Kier alpha value is -4.21. The molecule has 34 heavy (non-hydrogen) atoms. The number of ether oxygens (including phenoxy) is 2. The second-order valence-electron chi connectivity index (χ2n) is 7.59. The summed E-state index contributed by atoms with van der Waals surface area (Å²) in [6.07, 6.45) is -0.0370. The minimum absolute atomic E-state index is 0.0370. The highest BCUT2D eigenvalue weighted by Gasteiger charge is 2.36. The van der Waals surface area contributed by atoms with E-state index in [9.17, 15) is 24.0 Å². The number of benzene rings is 2. The van der Waals surface area contributed by atoms with E-state index in [4.69, 9.17) is 9.47 Å². The van der Waals surface area contributed by atoms with Gasteiger partial charge in [-0.25, -0.2) is 4.79 Å². The van der Waals surface area contributed by atoms with E-state index < -0.39 is 30.4 Å². The van der Waals surface area contributed by atoms with E-state index >= 15 is 0 Å². The molecular weight excluding hydrogens is 442 g/mol. The molecule has 1 fully saturated rings. The van der Waals surface area contributed by atoms with Crippen LogP contribution in [-0.2, 0) is 28.7 Å². The van der Waals surface area contributed by atoms with Crippen LogP contribution in [0, 0.1) is 5.92 Å². The van der Waals surface area contributed by atoms with Gasteiger partial charge in [0, 0.05) is 37.0 Å². The van der Waals surface area contributed by atoms with Crippen molar-refractivity contribution < 1.29 is 33.4 Å². The quantitative estimate of drug-likeness (QED) is 0.570. The number of nitrogens with one attached hydrogen (secondary N) is 2. The summed E-state index contributed by atoms with van der Waals surface area (Å²) >= 11 is 0. The maximum Gasteiger partial charge on any atom is 0.338 e. The first kappa shape index (κ1) is 24.4. The van der Waals surface area contributed by atoms with Gasteiger partial charge in [0.15, 0.2) is 6.61 Å². The Balaban J connectivity index is 1.49. The van der Waals surface area contributed by atoms with Crippen LogP contribution in [0.4, 0.5) is 17.1 Å². The lowest BCUT2D eigenvalue weighted by Gasteiger charge is -2.17. The molecule has 0 radical (unpaired) electrons. The van der Waals surface area contributed by atoms with E-state index in [1.165, 1.54) is 11.8 Å². The topological polar surface area (TPSA) is 131 Å². The molecule has 1 atom stereocenters. The largest absolute Gasteiger partial charge is 0.462 e. The molecule has 1 heterocycles. The molecule has 0 unspecified atom stereocenters. The maximum atomic E-state index is 12.4. The second kappa shape index (κ2) is 11.1. The van der Waals surface area contributed by atoms with Crippen LogP contribution in [-0.4, -0.2) is 49.4 Å². The molecule has 3 amide bonds. The summed E-state index contributed by atoms with van der Waals surface area (Å²) < 4.78 is 10.0. The molecule has 1 aliphatic heterocycles. The van der Waals surface area contributed by atoms with Crippen molar-refractivity contribution in [3.05, 3.63) is 54.1 Å². The molecular formula is C24H25N3O7. The van der Waals surface area contributed by atoms with Crippen LogP contribution in [0.3, 0.4) is 0 Å². The van der Waals surface area contributed by atoms with Crippen LogP contribution in [0.1, 0.15) is 30.6 Å². The predicted octanol–water partition coefficient (Wildman–Crippen LogP) is 2.36. The Morgan fingerprint density at radius 1 is 0.941 bits per heavy atom. The van der Waals surface area contributed by atoms with Crippen LogP contribution in [0.5, 0.6) is 0 Å². The normalized spacial score (nSPS) is 14.9. The van der Waals surface area contributed by atoms with Gasteiger partial charge in [-0.1, -0.05) is 0 Å². The number of hydrogen-bond donors (Lipinski definition) is 2. The average Bonchev–Trinajstić information content (AvgIpc) is 3.20. The number of amides is 3. The van der Waals surface area contributed by atoms with Gasteiger partial charge >= 0.3 is 11.9 Å². The summed E-state index contributed by atoms with van der Waals surface area (Å²) in [5.74, 6) is -2.80. The first-order valence-corrected chi connectivity index (χ1v) is 10.7. The molecule has 0 aromatic heterocycles. The highest BCUT2D eigenvalue weighted by Crippen LogP contribution is 2.26. The highest BCUT2D eigenvalue weighted by atomic mass is 16.5. The van der Waals surface area contributed by atoms with Crippen molar-refractivity contribution in [3.8, 4) is 0 Å². The van der Waals surface area contributed by atoms with Gasteiger partial charge < -0.3 is 25.0 Å². The molecule has 10 nitrogen and oxygen atoms in total. The Morgan fingerprint density at radius 3 is 2.15 bits per heavy atom. The van der Waals surface area contributed by atoms with Crippen molar-refractivity contribution in [3.63, 3.8) is 0 Å². The van der Waals surface area contributed by atoms with Crippen molar-refractivity contribution >= 4 is 46.7 Å². The third-order valence-corrected chi connectivity index (χ3v) is 4.98. The minimum Gasteiger partial charge on any atom is -0.462 e. The molecule has 3 rings (SSSR count). The molecule has 2 aromatic rings. The van der Waals surface area contributed by atoms with Crippen molar-refractivity contribution in [2.75, 3.05) is 35.3 Å². The van der Waals surface area contributed by atoms with Gasteiger partial charge in [-0.3, -0.25) is 19.2 Å². The van der Waals surface area contributed by atoms with E-state index in [2.05, 4.69) is 10.6 Å². The fraction of sp³-hybridized carbons (Fsp3) is 0.292. The number of rotatable bonds is 8. The second-order valence-corrected chi connectivity index (χ2v) is 7.59. The summed E-state index contributed by atoms with van der Waals surface area (Å²) in [5, 5.41) is 5.21. The summed E-state index contributed by atoms with van der Waals surface area (Å²) in [4.78, 5) is 61.2. The zero-order chi connectivity index (χ0) is 24.7. The lowest BCUT2D eigenvalue weighted by Crippen LogP contribution is -2.28. The standard InChI is InChI=1S/C24H25N3O7/c1-3-33-23(31)16-4-10-20(11-5-16)27-13-17(12-22(27)30)24(32)34-14-21(29)26-19-8-6-18(7-9-19)25-15(2)28/h4-11,17H,3,12-14H2,1-2H3,(H,25,28)(H,26,29)/t17-/m0/s1. The van der Waals surface area contributed by atoms with Gasteiger partial charge in [0.25, 0.3) is 5.91 Å². The van der Waals surface area contributed by atoms with E-state index in [-0.39, 0.29) is 31.4 Å². The lowest BCUT2D eigenvalue weighted by molar-refractivity contribution is -0.151. The predicted molar refractivity (Wildman–Crippen MR) is 123 cm³/mol. The van der Waals surface area contributed by atoms with E-state index in [0.717, 1.165) is 0 Å². The smallest absolute Gasteiger partial charge is 0.338 e. The molecule has 1 aliphatic rings. The number of anilines is 3. The number of carbonyl (C=O) groups is 5. The third-order valence-electron chi connectivity index (χ3n) is 4.98. The Morgan fingerprint density at radius 2 is 1.56 bits per heavy atom. The summed E-state index contributed by atoms with van der Waals surface area (Å²) in [7, 11) is 0. The van der Waals surface area contributed by atoms with Crippen LogP contribution in [0.15, 0.2) is 48.5 Å². The molecule has 0 spiro atoms. The van der Waals surface area contributed by atoms with Crippen LogP contribution in [0.25, 0.3) is 0 Å². The van der Waals surface area contributed by atoms with Crippen molar-refractivity contribution in [2.45, 2.75) is 20.3 Å². The molecule has 0 aliphatic carbocycles. The highest BCUT2D eigenvalue weighted by molar-refractivity contribution is 6.00. The molecule has 0 saturated carbocycles. The fourth-order valence-electron chi connectivity index (χ4n) is 3.40. The number of carbonyl (C=O) groups excluding carboxylic acids is 5. The van der Waals surface area contributed by atoms with E-state index in [1.54, 1.807) is 55.5 Å². The van der Waals surface area contributed by atoms with Crippen molar-refractivity contribution in [1.82, 2.24) is 0 Å². The van der Waals surface area contributed by atoms with Crippen molar-refractivity contribution in [2.24, 2.45) is 5.92 Å². The zero-order valence-corrected chi connectivity index (χ0v) is 18.8. The molecule has 1 saturated heterocycles. The van der Waals surface area contributed by atoms with Gasteiger partial charge in [0.1, 0.15) is 0 Å². The molecule has 178 valence electrons. The minimum atomic E-state index is -0.707. The number of nitrogens with zero attached hydrogens (tertiary/aromatic N) is 1. The third kappa shape index (κ3) is 6.41. The Bertz CT molecular complexity index is 1080. The molecule has 0 bridgehead atoms. The van der Waals surface area contributed by atoms with Crippen LogP contribution >= 0.6 is 0 Å².